The molecule has 0 saturated carbocycles. The van der Waals surface area contributed by atoms with Crippen LogP contribution >= 0.6 is 0 Å². The number of aliphatic hydroxyl groups excluding tert-OH is 1. The van der Waals surface area contributed by atoms with Gasteiger partial charge in [0.2, 0.25) is 0 Å². The molecule has 0 bridgehead atoms. The fraction of sp³-hybridized carbons (Fsp3) is 0.545. The zero-order valence-electron chi connectivity index (χ0n) is 8.90. The van der Waals surface area contributed by atoms with Crippen LogP contribution in [-0.2, 0) is 4.74 Å². The van der Waals surface area contributed by atoms with Crippen LogP contribution in [0.2, 0.25) is 0 Å². The first-order chi connectivity index (χ1) is 6.65. The minimum Gasteiger partial charge on any atom is -0.388 e. The molecule has 1 N–H and O–H groups in total. The van der Waals surface area contributed by atoms with Crippen molar-refractivity contribution in [3.05, 3.63) is 29.6 Å². The normalized spacial score (nSPS) is 15.1. The van der Waals surface area contributed by atoms with Gasteiger partial charge in [-0.2, -0.15) is 0 Å². The van der Waals surface area contributed by atoms with Gasteiger partial charge in [0, 0.05) is 25.4 Å². The molecule has 0 saturated heterocycles. The summed E-state index contributed by atoms with van der Waals surface area (Å²) in [6, 6.07) is 1.95. The molecule has 1 heterocycles. The van der Waals surface area contributed by atoms with E-state index in [1.807, 2.05) is 19.9 Å². The van der Waals surface area contributed by atoms with Crippen LogP contribution in [0.5, 0.6) is 0 Å². The minimum absolute atomic E-state index is 0.0867. The molecule has 1 aromatic heterocycles. The Morgan fingerprint density at radius 1 is 1.50 bits per heavy atom. The van der Waals surface area contributed by atoms with Crippen molar-refractivity contribution in [1.29, 1.82) is 0 Å². The molecule has 2 atom stereocenters. The third-order valence-electron chi connectivity index (χ3n) is 2.21. The Hall–Kier alpha value is -0.930. The van der Waals surface area contributed by atoms with Gasteiger partial charge in [-0.25, -0.2) is 0 Å². The number of aliphatic hydroxyl groups is 1. The number of rotatable bonds is 4. The highest BCUT2D eigenvalue weighted by Crippen LogP contribution is 2.21. The van der Waals surface area contributed by atoms with Gasteiger partial charge in [-0.3, -0.25) is 4.98 Å². The van der Waals surface area contributed by atoms with Crippen LogP contribution in [0.3, 0.4) is 0 Å². The van der Waals surface area contributed by atoms with Crippen LogP contribution in [0.25, 0.3) is 0 Å². The second kappa shape index (κ2) is 5.08. The zero-order chi connectivity index (χ0) is 10.6. The predicted molar refractivity (Wildman–Crippen MR) is 55.0 cm³/mol. The summed E-state index contributed by atoms with van der Waals surface area (Å²) in [6.07, 6.45) is 2.98. The number of pyridine rings is 1. The first-order valence-electron chi connectivity index (χ1n) is 4.73. The molecule has 1 aromatic rings. The Bertz CT molecular complexity index is 288. The number of ether oxygens (including phenoxy) is 1. The van der Waals surface area contributed by atoms with Crippen molar-refractivity contribution in [2.45, 2.75) is 20.0 Å². The van der Waals surface area contributed by atoms with Crippen molar-refractivity contribution >= 4 is 0 Å². The van der Waals surface area contributed by atoms with Crippen molar-refractivity contribution in [1.82, 2.24) is 4.98 Å². The van der Waals surface area contributed by atoms with Crippen LogP contribution in [0.15, 0.2) is 18.5 Å². The molecule has 14 heavy (non-hydrogen) atoms. The molecular formula is C11H17NO2. The molecule has 0 radical (unpaired) electrons. The Kier molecular flexibility index (Phi) is 4.04. The van der Waals surface area contributed by atoms with Crippen LogP contribution < -0.4 is 0 Å². The van der Waals surface area contributed by atoms with Gasteiger partial charge >= 0.3 is 0 Å². The maximum absolute atomic E-state index is 9.92. The van der Waals surface area contributed by atoms with Gasteiger partial charge in [0.25, 0.3) is 0 Å². The summed E-state index contributed by atoms with van der Waals surface area (Å²) in [7, 11) is 1.64. The van der Waals surface area contributed by atoms with Crippen LogP contribution in [0.4, 0.5) is 0 Å². The number of hydrogen-bond acceptors (Lipinski definition) is 3. The summed E-state index contributed by atoms with van der Waals surface area (Å²) in [5, 5.41) is 9.92. The van der Waals surface area contributed by atoms with E-state index in [2.05, 4.69) is 4.98 Å². The quantitative estimate of drug-likeness (QED) is 0.795. The van der Waals surface area contributed by atoms with Gasteiger partial charge in [-0.1, -0.05) is 13.0 Å². The Morgan fingerprint density at radius 2 is 2.21 bits per heavy atom. The van der Waals surface area contributed by atoms with E-state index >= 15 is 0 Å². The van der Waals surface area contributed by atoms with Crippen LogP contribution in [0, 0.1) is 12.8 Å². The smallest absolute Gasteiger partial charge is 0.0852 e. The Labute approximate surface area is 84.7 Å². The van der Waals surface area contributed by atoms with Gasteiger partial charge in [-0.05, 0) is 18.1 Å². The Balaban J connectivity index is 2.73. The van der Waals surface area contributed by atoms with Gasteiger partial charge in [0.1, 0.15) is 0 Å². The molecule has 0 amide bonds. The molecule has 0 fully saturated rings. The monoisotopic (exact) mass is 195 g/mol. The van der Waals surface area contributed by atoms with E-state index < -0.39 is 6.10 Å². The average Bonchev–Trinajstić information content (AvgIpc) is 2.17. The second-order valence-electron chi connectivity index (χ2n) is 3.67. The lowest BCUT2D eigenvalue weighted by molar-refractivity contribution is 0.0564. The molecule has 0 aliphatic rings. The van der Waals surface area contributed by atoms with Crippen LogP contribution in [-0.4, -0.2) is 23.8 Å². The summed E-state index contributed by atoms with van der Waals surface area (Å²) >= 11 is 0. The lowest BCUT2D eigenvalue weighted by Crippen LogP contribution is -2.14. The van der Waals surface area contributed by atoms with Gasteiger partial charge in [-0.15, -0.1) is 0 Å². The SMILES string of the molecule is COCC(C)C(O)c1cncc(C)c1. The molecule has 0 aromatic carbocycles. The van der Waals surface area contributed by atoms with E-state index in [-0.39, 0.29) is 5.92 Å². The van der Waals surface area contributed by atoms with E-state index in [1.54, 1.807) is 19.5 Å². The maximum atomic E-state index is 9.92. The minimum atomic E-state index is -0.498. The van der Waals surface area contributed by atoms with Gasteiger partial charge in [0.15, 0.2) is 0 Å². The standard InChI is InChI=1S/C11H17NO2/c1-8-4-10(6-12-5-8)11(13)9(2)7-14-3/h4-6,9,11,13H,7H2,1-3H3. The highest BCUT2D eigenvalue weighted by molar-refractivity contribution is 5.19. The maximum Gasteiger partial charge on any atom is 0.0852 e. The molecule has 0 aliphatic heterocycles. The first-order valence-corrected chi connectivity index (χ1v) is 4.73. The van der Waals surface area contributed by atoms with Crippen molar-refractivity contribution < 1.29 is 9.84 Å². The topological polar surface area (TPSA) is 42.4 Å². The molecule has 78 valence electrons. The number of hydrogen-bond donors (Lipinski definition) is 1. The number of nitrogens with zero attached hydrogens (tertiary/aromatic N) is 1. The summed E-state index contributed by atoms with van der Waals surface area (Å²) in [4.78, 5) is 4.05. The summed E-state index contributed by atoms with van der Waals surface area (Å²) in [5.41, 5.74) is 1.92. The van der Waals surface area contributed by atoms with Crippen LogP contribution in [0.1, 0.15) is 24.2 Å². The highest BCUT2D eigenvalue weighted by atomic mass is 16.5. The van der Waals surface area contributed by atoms with E-state index in [9.17, 15) is 5.11 Å². The summed E-state index contributed by atoms with van der Waals surface area (Å²) in [5.74, 6) is 0.0867. The first kappa shape index (κ1) is 11.1. The average molecular weight is 195 g/mol. The Morgan fingerprint density at radius 3 is 2.79 bits per heavy atom. The molecular weight excluding hydrogens is 178 g/mol. The van der Waals surface area contributed by atoms with Gasteiger partial charge in [0.05, 0.1) is 12.7 Å². The van der Waals surface area contributed by atoms with Crippen molar-refractivity contribution in [2.75, 3.05) is 13.7 Å². The number of aryl methyl sites for hydroxylation is 1. The van der Waals surface area contributed by atoms with Gasteiger partial charge < -0.3 is 9.84 Å². The predicted octanol–water partition coefficient (Wildman–Crippen LogP) is 1.71. The molecule has 0 spiro atoms. The number of methoxy groups -OCH3 is 1. The largest absolute Gasteiger partial charge is 0.388 e. The molecule has 3 heteroatoms. The fourth-order valence-electron chi connectivity index (χ4n) is 1.42. The molecule has 1 rings (SSSR count). The van der Waals surface area contributed by atoms with E-state index in [4.69, 9.17) is 4.74 Å². The molecule has 2 unspecified atom stereocenters. The van der Waals surface area contributed by atoms with E-state index in [0.717, 1.165) is 11.1 Å². The fourth-order valence-corrected chi connectivity index (χ4v) is 1.42. The van der Waals surface area contributed by atoms with E-state index in [0.29, 0.717) is 6.61 Å². The highest BCUT2D eigenvalue weighted by Gasteiger charge is 2.16. The van der Waals surface area contributed by atoms with E-state index in [1.165, 1.54) is 0 Å². The van der Waals surface area contributed by atoms with Crippen molar-refractivity contribution in [2.24, 2.45) is 5.92 Å². The lowest BCUT2D eigenvalue weighted by atomic mass is 9.99. The molecule has 3 nitrogen and oxygen atoms in total. The lowest BCUT2D eigenvalue weighted by Gasteiger charge is -2.18. The third kappa shape index (κ3) is 2.79. The zero-order valence-corrected chi connectivity index (χ0v) is 8.90. The third-order valence-corrected chi connectivity index (χ3v) is 2.21. The number of aromatic nitrogens is 1. The second-order valence-corrected chi connectivity index (χ2v) is 3.67. The van der Waals surface area contributed by atoms with Crippen molar-refractivity contribution in [3.63, 3.8) is 0 Å². The summed E-state index contributed by atoms with van der Waals surface area (Å²) in [6.45, 7) is 4.47. The molecule has 0 aliphatic carbocycles. The summed E-state index contributed by atoms with van der Waals surface area (Å²) < 4.78 is 5.00. The van der Waals surface area contributed by atoms with Crippen molar-refractivity contribution in [3.8, 4) is 0 Å².